The number of benzene rings is 2. The van der Waals surface area contributed by atoms with Crippen LogP contribution in [0, 0.1) is 5.92 Å². The zero-order chi connectivity index (χ0) is 30.2. The molecule has 2 fully saturated rings. The number of ether oxygens (including phenoxy) is 2. The molecule has 1 amide bonds. The molecular formula is C33H48N2O5Si. The molecule has 0 saturated carbocycles. The number of nitrogens with zero attached hydrogens (tertiary/aromatic N) is 1. The Bertz CT molecular complexity index is 1160. The minimum absolute atomic E-state index is 0.00612. The van der Waals surface area contributed by atoms with Crippen LogP contribution in [0.15, 0.2) is 60.7 Å². The molecule has 1 unspecified atom stereocenters. The second kappa shape index (κ2) is 11.5. The van der Waals surface area contributed by atoms with E-state index in [0.717, 1.165) is 0 Å². The topological polar surface area (TPSA) is 76.9 Å². The smallest absolute Gasteiger partial charge is 0.410 e. The summed E-state index contributed by atoms with van der Waals surface area (Å²) < 4.78 is 18.7. The fraction of sp³-hybridized carbons (Fsp3) is 0.576. The molecule has 2 aromatic carbocycles. The third-order valence-electron chi connectivity index (χ3n) is 7.76. The van der Waals surface area contributed by atoms with Crippen molar-refractivity contribution in [2.24, 2.45) is 5.92 Å². The average Bonchev–Trinajstić information content (AvgIpc) is 3.55. The number of amides is 1. The highest BCUT2D eigenvalue weighted by Gasteiger charge is 2.55. The normalized spacial score (nSPS) is 23.3. The van der Waals surface area contributed by atoms with Crippen molar-refractivity contribution in [3.05, 3.63) is 60.7 Å². The van der Waals surface area contributed by atoms with Crippen LogP contribution in [0.3, 0.4) is 0 Å². The van der Waals surface area contributed by atoms with Crippen molar-refractivity contribution >= 4 is 30.8 Å². The van der Waals surface area contributed by atoms with Gasteiger partial charge in [-0.25, -0.2) is 4.79 Å². The number of carbonyl (C=O) groups excluding carboxylic acids is 2. The van der Waals surface area contributed by atoms with Gasteiger partial charge in [0.1, 0.15) is 17.2 Å². The molecule has 0 radical (unpaired) electrons. The van der Waals surface area contributed by atoms with Gasteiger partial charge in [-0.2, -0.15) is 0 Å². The molecule has 0 spiro atoms. The summed E-state index contributed by atoms with van der Waals surface area (Å²) in [4.78, 5) is 27.8. The molecule has 0 aliphatic carbocycles. The molecule has 2 heterocycles. The van der Waals surface area contributed by atoms with Crippen LogP contribution < -0.4 is 15.7 Å². The molecule has 4 atom stereocenters. The maximum absolute atomic E-state index is 13.2. The van der Waals surface area contributed by atoms with Crippen molar-refractivity contribution < 1.29 is 23.5 Å². The van der Waals surface area contributed by atoms with Crippen LogP contribution in [-0.4, -0.2) is 67.8 Å². The summed E-state index contributed by atoms with van der Waals surface area (Å²) in [6.07, 6.45) is 0.257. The van der Waals surface area contributed by atoms with E-state index < -0.39 is 25.6 Å². The zero-order valence-electron chi connectivity index (χ0n) is 26.2. The maximum atomic E-state index is 13.2. The van der Waals surface area contributed by atoms with E-state index in [2.05, 4.69) is 74.6 Å². The van der Waals surface area contributed by atoms with E-state index in [4.69, 9.17) is 13.9 Å². The highest BCUT2D eigenvalue weighted by atomic mass is 28.4. The lowest BCUT2D eigenvalue weighted by Gasteiger charge is -2.43. The Morgan fingerprint density at radius 3 is 1.80 bits per heavy atom. The summed E-state index contributed by atoms with van der Waals surface area (Å²) in [5.41, 5.74) is -1.15. The van der Waals surface area contributed by atoms with Gasteiger partial charge in [-0.3, -0.25) is 15.0 Å². The summed E-state index contributed by atoms with van der Waals surface area (Å²) in [6, 6.07) is 20.5. The average molecular weight is 581 g/mol. The zero-order valence-corrected chi connectivity index (χ0v) is 27.2. The second-order valence-electron chi connectivity index (χ2n) is 14.4. The van der Waals surface area contributed by atoms with Gasteiger partial charge in [0.25, 0.3) is 8.32 Å². The molecule has 7 nitrogen and oxygen atoms in total. The highest BCUT2D eigenvalue weighted by Crippen LogP contribution is 2.39. The lowest BCUT2D eigenvalue weighted by atomic mass is 9.97. The van der Waals surface area contributed by atoms with Gasteiger partial charge < -0.3 is 13.9 Å². The molecule has 8 heteroatoms. The number of esters is 1. The Kier molecular flexibility index (Phi) is 8.79. The Hall–Kier alpha value is -2.68. The van der Waals surface area contributed by atoms with Crippen molar-refractivity contribution in [3.8, 4) is 0 Å². The van der Waals surface area contributed by atoms with E-state index in [0.29, 0.717) is 19.6 Å². The van der Waals surface area contributed by atoms with E-state index in [-0.39, 0.29) is 35.1 Å². The van der Waals surface area contributed by atoms with Crippen molar-refractivity contribution in [3.63, 3.8) is 0 Å². The van der Waals surface area contributed by atoms with Crippen LogP contribution in [0.4, 0.5) is 4.79 Å². The summed E-state index contributed by atoms with van der Waals surface area (Å²) in [6.45, 7) is 19.1. The fourth-order valence-electron chi connectivity index (χ4n) is 6.01. The van der Waals surface area contributed by atoms with Gasteiger partial charge in [0.05, 0.1) is 6.04 Å². The fourth-order valence-corrected chi connectivity index (χ4v) is 10.6. The van der Waals surface area contributed by atoms with Crippen LogP contribution in [0.2, 0.25) is 5.04 Å². The first-order chi connectivity index (χ1) is 19.0. The van der Waals surface area contributed by atoms with Gasteiger partial charge in [-0.1, -0.05) is 81.4 Å². The molecule has 2 aliphatic rings. The SMILES string of the molecule is CC(C)(C)OC(=O)[C@H]1C[C@@H](CO[Si](c2ccccc2)(c2ccccc2)C(C)(C)C)[C@H](C2CN2C(=O)OC(C)(C)C)N1. The Morgan fingerprint density at radius 2 is 1.34 bits per heavy atom. The predicted octanol–water partition coefficient (Wildman–Crippen LogP) is 4.87. The molecule has 2 aliphatic heterocycles. The summed E-state index contributed by atoms with van der Waals surface area (Å²) in [5, 5.41) is 5.81. The van der Waals surface area contributed by atoms with Gasteiger partial charge >= 0.3 is 12.1 Å². The van der Waals surface area contributed by atoms with Gasteiger partial charge in [0, 0.05) is 25.1 Å². The van der Waals surface area contributed by atoms with E-state index >= 15 is 0 Å². The quantitative estimate of drug-likeness (QED) is 0.286. The van der Waals surface area contributed by atoms with Crippen LogP contribution >= 0.6 is 0 Å². The number of rotatable bonds is 7. The first-order valence-electron chi connectivity index (χ1n) is 14.8. The summed E-state index contributed by atoms with van der Waals surface area (Å²) >= 11 is 0. The standard InChI is InChI=1S/C33H48N2O5Si/c1-31(2,3)39-29(36)26-20-23(28(34-26)27-21-35(27)30(37)40-32(4,5)6)22-38-41(33(7,8)9,24-16-12-10-13-17-24)25-18-14-11-15-19-25/h10-19,23,26-28,34H,20-22H2,1-9H3/t23-,26+,27?,28+,35?/m0/s1. The first kappa shape index (κ1) is 31.3. The monoisotopic (exact) mass is 580 g/mol. The van der Waals surface area contributed by atoms with Crippen molar-refractivity contribution in [1.29, 1.82) is 0 Å². The molecule has 0 bridgehead atoms. The molecule has 41 heavy (non-hydrogen) atoms. The number of hydrogen-bond acceptors (Lipinski definition) is 6. The molecule has 2 saturated heterocycles. The van der Waals surface area contributed by atoms with Crippen LogP contribution in [0.25, 0.3) is 0 Å². The van der Waals surface area contributed by atoms with Gasteiger partial charge in [-0.05, 0) is 63.4 Å². The van der Waals surface area contributed by atoms with E-state index in [1.807, 2.05) is 53.7 Å². The van der Waals surface area contributed by atoms with Crippen molar-refractivity contribution in [2.75, 3.05) is 13.2 Å². The first-order valence-corrected chi connectivity index (χ1v) is 16.7. The lowest BCUT2D eigenvalue weighted by Crippen LogP contribution is -2.67. The molecular weight excluding hydrogens is 532 g/mol. The van der Waals surface area contributed by atoms with Crippen LogP contribution in [0.5, 0.6) is 0 Å². The Morgan fingerprint density at radius 1 is 0.829 bits per heavy atom. The third kappa shape index (κ3) is 7.22. The molecule has 4 rings (SSSR count). The Labute approximate surface area is 247 Å². The number of nitrogens with one attached hydrogen (secondary N) is 1. The maximum Gasteiger partial charge on any atom is 0.410 e. The van der Waals surface area contributed by atoms with E-state index in [9.17, 15) is 9.59 Å². The Balaban J connectivity index is 1.64. The van der Waals surface area contributed by atoms with Gasteiger partial charge in [0.2, 0.25) is 0 Å². The van der Waals surface area contributed by atoms with E-state index in [1.54, 1.807) is 4.90 Å². The predicted molar refractivity (Wildman–Crippen MR) is 165 cm³/mol. The highest BCUT2D eigenvalue weighted by molar-refractivity contribution is 6.99. The lowest BCUT2D eigenvalue weighted by molar-refractivity contribution is -0.157. The van der Waals surface area contributed by atoms with Crippen LogP contribution in [-0.2, 0) is 18.7 Å². The summed E-state index contributed by atoms with van der Waals surface area (Å²) in [7, 11) is -2.77. The minimum atomic E-state index is -2.77. The van der Waals surface area contributed by atoms with Gasteiger partial charge in [-0.15, -0.1) is 0 Å². The number of hydrogen-bond donors (Lipinski definition) is 1. The third-order valence-corrected chi connectivity index (χ3v) is 12.8. The van der Waals surface area contributed by atoms with Crippen molar-refractivity contribution in [1.82, 2.24) is 10.2 Å². The largest absolute Gasteiger partial charge is 0.459 e. The van der Waals surface area contributed by atoms with Gasteiger partial charge in [0.15, 0.2) is 0 Å². The molecule has 224 valence electrons. The van der Waals surface area contributed by atoms with Crippen LogP contribution in [0.1, 0.15) is 68.7 Å². The summed E-state index contributed by atoms with van der Waals surface area (Å²) in [5.74, 6) is -0.258. The molecule has 2 aromatic rings. The number of carbonyl (C=O) groups is 2. The second-order valence-corrected chi connectivity index (χ2v) is 18.8. The molecule has 0 aromatic heterocycles. The minimum Gasteiger partial charge on any atom is -0.459 e. The van der Waals surface area contributed by atoms with E-state index in [1.165, 1.54) is 10.4 Å². The van der Waals surface area contributed by atoms with Crippen molar-refractivity contribution in [2.45, 2.75) is 103 Å². The molecule has 1 N–H and O–H groups in total.